The Labute approximate surface area is 153 Å². The molecule has 1 aliphatic rings. The number of nitrogens with one attached hydrogen (secondary N) is 1. The van der Waals surface area contributed by atoms with Crippen LogP contribution in [-0.4, -0.2) is 44.9 Å². The molecule has 144 valence electrons. The summed E-state index contributed by atoms with van der Waals surface area (Å²) in [6, 6.07) is 5.81. The average molecular weight is 400 g/mol. The second-order valence-corrected chi connectivity index (χ2v) is 7.62. The third-order valence-electron chi connectivity index (χ3n) is 3.97. The van der Waals surface area contributed by atoms with Crippen LogP contribution in [-0.2, 0) is 14.8 Å². The van der Waals surface area contributed by atoms with Gasteiger partial charge in [0.25, 0.3) is 5.91 Å². The van der Waals surface area contributed by atoms with Crippen LogP contribution in [0.25, 0.3) is 0 Å². The number of nitrogens with zero attached hydrogens (tertiary/aromatic N) is 1. The molecule has 3 rings (SSSR count). The number of hydrogen-bond donors (Lipinski definition) is 1. The minimum Gasteiger partial charge on any atom is -0.379 e. The third-order valence-corrected chi connectivity index (χ3v) is 5.88. The first kappa shape index (κ1) is 19.3. The van der Waals surface area contributed by atoms with E-state index in [2.05, 4.69) is 5.32 Å². The molecule has 1 saturated heterocycles. The zero-order valence-corrected chi connectivity index (χ0v) is 14.7. The van der Waals surface area contributed by atoms with E-state index in [0.29, 0.717) is 0 Å². The number of anilines is 1. The van der Waals surface area contributed by atoms with Gasteiger partial charge < -0.3 is 10.1 Å². The van der Waals surface area contributed by atoms with Crippen LogP contribution in [0.3, 0.4) is 0 Å². The Kier molecular flexibility index (Phi) is 5.49. The van der Waals surface area contributed by atoms with Crippen molar-refractivity contribution in [3.63, 3.8) is 0 Å². The summed E-state index contributed by atoms with van der Waals surface area (Å²) in [6.45, 7) is 0.505. The molecular weight excluding hydrogens is 385 g/mol. The molecule has 1 heterocycles. The van der Waals surface area contributed by atoms with E-state index in [1.165, 1.54) is 0 Å². The van der Waals surface area contributed by atoms with E-state index in [1.807, 2.05) is 0 Å². The number of ether oxygens (including phenoxy) is 1. The lowest BCUT2D eigenvalue weighted by Crippen LogP contribution is -2.40. The number of hydrogen-bond acceptors (Lipinski definition) is 4. The lowest BCUT2D eigenvalue weighted by atomic mass is 10.2. The van der Waals surface area contributed by atoms with Crippen molar-refractivity contribution in [3.05, 3.63) is 59.4 Å². The van der Waals surface area contributed by atoms with Gasteiger partial charge >= 0.3 is 0 Å². The number of amides is 1. The molecule has 6 nitrogen and oxygen atoms in total. The smallest absolute Gasteiger partial charge is 0.261 e. The Balaban J connectivity index is 1.90. The van der Waals surface area contributed by atoms with Crippen LogP contribution in [0.2, 0.25) is 0 Å². The number of benzene rings is 2. The van der Waals surface area contributed by atoms with Gasteiger partial charge in [0, 0.05) is 18.8 Å². The van der Waals surface area contributed by atoms with Crippen molar-refractivity contribution < 1.29 is 31.1 Å². The van der Waals surface area contributed by atoms with Crippen molar-refractivity contribution in [1.29, 1.82) is 0 Å². The quantitative estimate of drug-likeness (QED) is 0.855. The fraction of sp³-hybridized carbons (Fsp3) is 0.235. The summed E-state index contributed by atoms with van der Waals surface area (Å²) in [5.41, 5.74) is -0.935. The predicted molar refractivity (Wildman–Crippen MR) is 90.3 cm³/mol. The minimum atomic E-state index is -4.15. The van der Waals surface area contributed by atoms with Crippen LogP contribution in [0.15, 0.2) is 41.3 Å². The van der Waals surface area contributed by atoms with Crippen molar-refractivity contribution in [2.24, 2.45) is 0 Å². The Morgan fingerprint density at radius 1 is 1.00 bits per heavy atom. The standard InChI is InChI=1S/C17H15F3N2O4S/c18-12-5-4-11(21-17(23)16-13(19)2-1-3-14(16)20)10-15(12)27(24,25)22-6-8-26-9-7-22/h1-5,10H,6-9H2,(H,21,23). The first-order chi connectivity index (χ1) is 12.8. The molecule has 0 unspecified atom stereocenters. The van der Waals surface area contributed by atoms with Crippen LogP contribution in [0.5, 0.6) is 0 Å². The molecule has 1 N–H and O–H groups in total. The highest BCUT2D eigenvalue weighted by Gasteiger charge is 2.29. The van der Waals surface area contributed by atoms with E-state index in [9.17, 15) is 26.4 Å². The van der Waals surface area contributed by atoms with E-state index in [-0.39, 0.29) is 32.0 Å². The SMILES string of the molecule is O=C(Nc1ccc(F)c(S(=O)(=O)N2CCOCC2)c1)c1c(F)cccc1F. The third kappa shape index (κ3) is 3.97. The molecule has 0 bridgehead atoms. The van der Waals surface area contributed by atoms with E-state index in [0.717, 1.165) is 40.7 Å². The molecule has 27 heavy (non-hydrogen) atoms. The predicted octanol–water partition coefficient (Wildman–Crippen LogP) is 2.38. The molecule has 2 aromatic rings. The molecule has 0 aliphatic carbocycles. The van der Waals surface area contributed by atoms with Gasteiger partial charge in [0.15, 0.2) is 0 Å². The summed E-state index contributed by atoms with van der Waals surface area (Å²) in [5.74, 6) is -4.27. The maximum Gasteiger partial charge on any atom is 0.261 e. The highest BCUT2D eigenvalue weighted by molar-refractivity contribution is 7.89. The van der Waals surface area contributed by atoms with Gasteiger partial charge in [-0.1, -0.05) is 6.07 Å². The largest absolute Gasteiger partial charge is 0.379 e. The fourth-order valence-electron chi connectivity index (χ4n) is 2.61. The van der Waals surface area contributed by atoms with Crippen molar-refractivity contribution >= 4 is 21.6 Å². The first-order valence-corrected chi connectivity index (χ1v) is 9.37. The molecule has 0 radical (unpaired) electrons. The Hall–Kier alpha value is -2.43. The second kappa shape index (κ2) is 7.67. The molecule has 0 atom stereocenters. The van der Waals surface area contributed by atoms with Crippen LogP contribution < -0.4 is 5.32 Å². The van der Waals surface area contributed by atoms with Gasteiger partial charge in [0.1, 0.15) is 27.9 Å². The molecule has 2 aromatic carbocycles. The van der Waals surface area contributed by atoms with E-state index >= 15 is 0 Å². The average Bonchev–Trinajstić information content (AvgIpc) is 2.64. The van der Waals surface area contributed by atoms with Gasteiger partial charge in [-0.05, 0) is 30.3 Å². The van der Waals surface area contributed by atoms with Crippen LogP contribution in [0.4, 0.5) is 18.9 Å². The molecule has 1 fully saturated rings. The van der Waals surface area contributed by atoms with E-state index in [4.69, 9.17) is 4.74 Å². The lowest BCUT2D eigenvalue weighted by molar-refractivity contribution is 0.0729. The molecule has 1 amide bonds. The van der Waals surface area contributed by atoms with Crippen LogP contribution in [0.1, 0.15) is 10.4 Å². The molecule has 0 aromatic heterocycles. The fourth-order valence-corrected chi connectivity index (χ4v) is 4.11. The Bertz CT molecular complexity index is 956. The molecule has 1 aliphatic heterocycles. The van der Waals surface area contributed by atoms with Gasteiger partial charge in [0.2, 0.25) is 10.0 Å². The number of morpholine rings is 1. The normalized spacial score (nSPS) is 15.5. The van der Waals surface area contributed by atoms with Gasteiger partial charge in [-0.3, -0.25) is 4.79 Å². The number of carbonyl (C=O) groups is 1. The van der Waals surface area contributed by atoms with Crippen molar-refractivity contribution in [2.75, 3.05) is 31.6 Å². The van der Waals surface area contributed by atoms with E-state index < -0.39 is 43.8 Å². The Morgan fingerprint density at radius 2 is 1.63 bits per heavy atom. The summed E-state index contributed by atoms with van der Waals surface area (Å²) in [5, 5.41) is 2.19. The summed E-state index contributed by atoms with van der Waals surface area (Å²) in [6.07, 6.45) is 0. The maximum atomic E-state index is 14.1. The van der Waals surface area contributed by atoms with Gasteiger partial charge in [-0.15, -0.1) is 0 Å². The van der Waals surface area contributed by atoms with Gasteiger partial charge in [-0.2, -0.15) is 4.31 Å². The summed E-state index contributed by atoms with van der Waals surface area (Å²) in [7, 11) is -4.15. The van der Waals surface area contributed by atoms with Gasteiger partial charge in [0.05, 0.1) is 13.2 Å². The zero-order chi connectivity index (χ0) is 19.6. The lowest BCUT2D eigenvalue weighted by Gasteiger charge is -2.26. The van der Waals surface area contributed by atoms with Crippen LogP contribution >= 0.6 is 0 Å². The van der Waals surface area contributed by atoms with Gasteiger partial charge in [-0.25, -0.2) is 21.6 Å². The Morgan fingerprint density at radius 3 is 2.26 bits per heavy atom. The molecule has 10 heteroatoms. The summed E-state index contributed by atoms with van der Waals surface area (Å²) < 4.78 is 72.9. The van der Waals surface area contributed by atoms with Crippen LogP contribution in [0, 0.1) is 17.5 Å². The second-order valence-electron chi connectivity index (χ2n) is 5.71. The number of rotatable bonds is 4. The summed E-state index contributed by atoms with van der Waals surface area (Å²) in [4.78, 5) is 11.5. The highest BCUT2D eigenvalue weighted by Crippen LogP contribution is 2.24. The zero-order valence-electron chi connectivity index (χ0n) is 13.9. The summed E-state index contributed by atoms with van der Waals surface area (Å²) >= 11 is 0. The number of carbonyl (C=O) groups excluding carboxylic acids is 1. The molecule has 0 saturated carbocycles. The number of sulfonamides is 1. The van der Waals surface area contributed by atoms with E-state index in [1.54, 1.807) is 0 Å². The van der Waals surface area contributed by atoms with Crippen molar-refractivity contribution in [3.8, 4) is 0 Å². The molecule has 0 spiro atoms. The highest BCUT2D eigenvalue weighted by atomic mass is 32.2. The monoisotopic (exact) mass is 400 g/mol. The minimum absolute atomic E-state index is 0.0683. The maximum absolute atomic E-state index is 14.1. The number of halogens is 3. The van der Waals surface area contributed by atoms with Crippen molar-refractivity contribution in [2.45, 2.75) is 4.90 Å². The molecular formula is C17H15F3N2O4S. The topological polar surface area (TPSA) is 75.7 Å². The van der Waals surface area contributed by atoms with Crippen molar-refractivity contribution in [1.82, 2.24) is 4.31 Å². The first-order valence-electron chi connectivity index (χ1n) is 7.93.